The smallest absolute Gasteiger partial charge is 0.194 e. The molecule has 1 saturated carbocycles. The lowest BCUT2D eigenvalue weighted by atomic mass is 9.89. The fourth-order valence-electron chi connectivity index (χ4n) is 3.85. The highest BCUT2D eigenvalue weighted by Crippen LogP contribution is 2.37. The summed E-state index contributed by atoms with van der Waals surface area (Å²) in [5, 5.41) is 0. The number of halogens is 4. The highest BCUT2D eigenvalue weighted by Gasteiger charge is 2.21. The third kappa shape index (κ3) is 3.88. The van der Waals surface area contributed by atoms with Crippen LogP contribution < -0.4 is 0 Å². The molecule has 0 heterocycles. The molecular formula is C21H22F4. The lowest BCUT2D eigenvalue weighted by Gasteiger charge is -2.16. The molecule has 0 radical (unpaired) electrons. The Kier molecular flexibility index (Phi) is 5.45. The highest BCUT2D eigenvalue weighted by molar-refractivity contribution is 5.65. The van der Waals surface area contributed by atoms with Crippen LogP contribution in [0.4, 0.5) is 17.6 Å². The van der Waals surface area contributed by atoms with Gasteiger partial charge in [0.2, 0.25) is 0 Å². The van der Waals surface area contributed by atoms with Gasteiger partial charge in [-0.15, -0.1) is 0 Å². The van der Waals surface area contributed by atoms with Crippen molar-refractivity contribution < 1.29 is 17.6 Å². The van der Waals surface area contributed by atoms with Crippen molar-refractivity contribution in [3.8, 4) is 11.1 Å². The molecule has 134 valence electrons. The normalized spacial score (nSPS) is 21.2. The van der Waals surface area contributed by atoms with Crippen molar-refractivity contribution in [3.63, 3.8) is 0 Å². The monoisotopic (exact) mass is 350 g/mol. The van der Waals surface area contributed by atoms with Crippen LogP contribution in [0.3, 0.4) is 0 Å². The lowest BCUT2D eigenvalue weighted by molar-refractivity contribution is 0.443. The molecule has 2 unspecified atom stereocenters. The quantitative estimate of drug-likeness (QED) is 0.318. The summed E-state index contributed by atoms with van der Waals surface area (Å²) in [4.78, 5) is 0. The summed E-state index contributed by atoms with van der Waals surface area (Å²) in [5.41, 5.74) is 1.02. The van der Waals surface area contributed by atoms with Crippen molar-refractivity contribution in [2.24, 2.45) is 5.92 Å². The van der Waals surface area contributed by atoms with Crippen LogP contribution in [0.5, 0.6) is 0 Å². The third-order valence-corrected chi connectivity index (χ3v) is 5.43. The van der Waals surface area contributed by atoms with Crippen molar-refractivity contribution in [1.29, 1.82) is 0 Å². The second-order valence-electron chi connectivity index (χ2n) is 6.97. The molecule has 0 spiro atoms. The van der Waals surface area contributed by atoms with Gasteiger partial charge in [0.05, 0.1) is 0 Å². The zero-order valence-corrected chi connectivity index (χ0v) is 14.3. The molecule has 2 aromatic rings. The van der Waals surface area contributed by atoms with E-state index in [-0.39, 0.29) is 11.1 Å². The minimum absolute atomic E-state index is 0.00682. The molecule has 1 aliphatic carbocycles. The van der Waals surface area contributed by atoms with Gasteiger partial charge < -0.3 is 0 Å². The van der Waals surface area contributed by atoms with E-state index in [1.54, 1.807) is 6.07 Å². The Morgan fingerprint density at radius 1 is 0.840 bits per heavy atom. The van der Waals surface area contributed by atoms with E-state index < -0.39 is 23.3 Å². The van der Waals surface area contributed by atoms with Crippen LogP contribution in [0.2, 0.25) is 0 Å². The van der Waals surface area contributed by atoms with Crippen molar-refractivity contribution in [2.75, 3.05) is 0 Å². The SMILES string of the molecule is CCC1CCCC(c2ccc(-c3cc(F)c(F)c(F)c3)c(F)c2)CC1. The fourth-order valence-corrected chi connectivity index (χ4v) is 3.85. The molecule has 4 heteroatoms. The molecule has 3 rings (SSSR count). The molecular weight excluding hydrogens is 328 g/mol. The van der Waals surface area contributed by atoms with Gasteiger partial charge in [0.1, 0.15) is 5.82 Å². The number of hydrogen-bond acceptors (Lipinski definition) is 0. The second kappa shape index (κ2) is 7.59. The Labute approximate surface area is 145 Å². The predicted octanol–water partition coefficient (Wildman–Crippen LogP) is 6.98. The molecule has 2 aromatic carbocycles. The van der Waals surface area contributed by atoms with Gasteiger partial charge in [0.15, 0.2) is 17.5 Å². The van der Waals surface area contributed by atoms with Crippen molar-refractivity contribution in [1.82, 2.24) is 0 Å². The largest absolute Gasteiger partial charge is 0.206 e. The first-order valence-corrected chi connectivity index (χ1v) is 8.94. The van der Waals surface area contributed by atoms with Gasteiger partial charge in [0.25, 0.3) is 0 Å². The van der Waals surface area contributed by atoms with Crippen LogP contribution in [0, 0.1) is 29.2 Å². The average molecular weight is 350 g/mol. The third-order valence-electron chi connectivity index (χ3n) is 5.43. The summed E-state index contributed by atoms with van der Waals surface area (Å²) in [5.74, 6) is -3.62. The number of benzene rings is 2. The summed E-state index contributed by atoms with van der Waals surface area (Å²) in [6.45, 7) is 2.21. The first kappa shape index (κ1) is 18.0. The molecule has 0 amide bonds. The Morgan fingerprint density at radius 2 is 1.56 bits per heavy atom. The fraction of sp³-hybridized carbons (Fsp3) is 0.429. The molecule has 25 heavy (non-hydrogen) atoms. The Bertz CT molecular complexity index is 731. The molecule has 0 aromatic heterocycles. The summed E-state index contributed by atoms with van der Waals surface area (Å²) < 4.78 is 54.5. The van der Waals surface area contributed by atoms with Gasteiger partial charge in [0, 0.05) is 5.56 Å². The van der Waals surface area contributed by atoms with Crippen molar-refractivity contribution >= 4 is 0 Å². The summed E-state index contributed by atoms with van der Waals surface area (Å²) in [6, 6.07) is 6.49. The van der Waals surface area contributed by atoms with Crippen molar-refractivity contribution in [3.05, 3.63) is 59.2 Å². The van der Waals surface area contributed by atoms with Crippen LogP contribution >= 0.6 is 0 Å². The Morgan fingerprint density at radius 3 is 2.20 bits per heavy atom. The summed E-state index contributed by atoms with van der Waals surface area (Å²) in [6.07, 6.45) is 6.77. The molecule has 0 N–H and O–H groups in total. The highest BCUT2D eigenvalue weighted by atomic mass is 19.2. The van der Waals surface area contributed by atoms with E-state index in [0.717, 1.165) is 49.3 Å². The Hall–Kier alpha value is -1.84. The van der Waals surface area contributed by atoms with Gasteiger partial charge in [-0.25, -0.2) is 17.6 Å². The van der Waals surface area contributed by atoms with E-state index in [0.29, 0.717) is 5.92 Å². The molecule has 0 saturated heterocycles. The maximum Gasteiger partial charge on any atom is 0.194 e. The lowest BCUT2D eigenvalue weighted by Crippen LogP contribution is -2.00. The van der Waals surface area contributed by atoms with E-state index in [1.165, 1.54) is 18.9 Å². The predicted molar refractivity (Wildman–Crippen MR) is 91.3 cm³/mol. The van der Waals surface area contributed by atoms with Crippen LogP contribution in [0.15, 0.2) is 30.3 Å². The maximum absolute atomic E-state index is 14.6. The molecule has 0 nitrogen and oxygen atoms in total. The molecule has 0 aliphatic heterocycles. The maximum atomic E-state index is 14.6. The average Bonchev–Trinajstić information content (AvgIpc) is 2.84. The molecule has 2 atom stereocenters. The second-order valence-corrected chi connectivity index (χ2v) is 6.97. The van der Waals surface area contributed by atoms with E-state index in [9.17, 15) is 17.6 Å². The zero-order chi connectivity index (χ0) is 18.0. The molecule has 0 bridgehead atoms. The zero-order valence-electron chi connectivity index (χ0n) is 14.3. The summed E-state index contributed by atoms with van der Waals surface area (Å²) in [7, 11) is 0. The topological polar surface area (TPSA) is 0 Å². The van der Waals surface area contributed by atoms with Gasteiger partial charge in [-0.3, -0.25) is 0 Å². The standard InChI is InChI=1S/C21H22F4/c1-2-13-4-3-5-14(7-6-13)15-8-9-17(18(22)10-15)16-11-19(23)21(25)20(24)12-16/h8-14H,2-7H2,1H3. The van der Waals surface area contributed by atoms with Crippen LogP contribution in [0.1, 0.15) is 56.9 Å². The molecule has 1 fully saturated rings. The van der Waals surface area contributed by atoms with E-state index >= 15 is 0 Å². The first-order valence-electron chi connectivity index (χ1n) is 8.94. The van der Waals surface area contributed by atoms with Gasteiger partial charge >= 0.3 is 0 Å². The van der Waals surface area contributed by atoms with E-state index in [4.69, 9.17) is 0 Å². The van der Waals surface area contributed by atoms with Gasteiger partial charge in [-0.1, -0.05) is 38.3 Å². The molecule has 1 aliphatic rings. The number of rotatable bonds is 3. The van der Waals surface area contributed by atoms with Gasteiger partial charge in [-0.05, 0) is 60.4 Å². The van der Waals surface area contributed by atoms with Crippen LogP contribution in [-0.2, 0) is 0 Å². The van der Waals surface area contributed by atoms with Crippen molar-refractivity contribution in [2.45, 2.75) is 51.4 Å². The van der Waals surface area contributed by atoms with Gasteiger partial charge in [-0.2, -0.15) is 0 Å². The Balaban J connectivity index is 1.86. The summed E-state index contributed by atoms with van der Waals surface area (Å²) >= 11 is 0. The van der Waals surface area contributed by atoms with E-state index in [1.807, 2.05) is 6.07 Å². The minimum atomic E-state index is -1.54. The van der Waals surface area contributed by atoms with E-state index in [2.05, 4.69) is 6.92 Å². The minimum Gasteiger partial charge on any atom is -0.206 e. The number of hydrogen-bond donors (Lipinski definition) is 0. The first-order chi connectivity index (χ1) is 12.0. The van der Waals surface area contributed by atoms with Crippen LogP contribution in [-0.4, -0.2) is 0 Å². The van der Waals surface area contributed by atoms with Crippen LogP contribution in [0.25, 0.3) is 11.1 Å².